The maximum atomic E-state index is 13.4. The second-order valence-corrected chi connectivity index (χ2v) is 10.6. The Kier molecular flexibility index (Phi) is 5.69. The molecular weight excluding hydrogens is 406 g/mol. The number of pyridine rings is 1. The maximum absolute atomic E-state index is 13.4. The molecule has 1 N–H and O–H groups in total. The summed E-state index contributed by atoms with van der Waals surface area (Å²) < 4.78 is 7.64. The molecule has 0 bridgehead atoms. The molecule has 8 nitrogen and oxygen atoms in total. The Bertz CT molecular complexity index is 1020. The summed E-state index contributed by atoms with van der Waals surface area (Å²) in [6, 6.07) is 3.58. The molecule has 174 valence electrons. The topological polar surface area (TPSA) is 79.2 Å². The van der Waals surface area contributed by atoms with Gasteiger partial charge in [-0.2, -0.15) is 0 Å². The number of hydrogen-bond donors (Lipinski definition) is 1. The van der Waals surface area contributed by atoms with Crippen molar-refractivity contribution >= 4 is 17.5 Å². The van der Waals surface area contributed by atoms with Crippen LogP contribution in [-0.2, 0) is 15.1 Å². The van der Waals surface area contributed by atoms with Crippen LogP contribution < -0.4 is 5.32 Å². The fourth-order valence-electron chi connectivity index (χ4n) is 4.38. The van der Waals surface area contributed by atoms with Crippen molar-refractivity contribution in [1.82, 2.24) is 24.5 Å². The van der Waals surface area contributed by atoms with E-state index in [1.165, 1.54) is 18.4 Å². The third-order valence-electron chi connectivity index (χ3n) is 6.13. The third kappa shape index (κ3) is 4.60. The molecule has 0 spiro atoms. The summed E-state index contributed by atoms with van der Waals surface area (Å²) in [6.07, 6.45) is 5.88. The van der Waals surface area contributed by atoms with E-state index in [4.69, 9.17) is 4.74 Å². The summed E-state index contributed by atoms with van der Waals surface area (Å²) >= 11 is 0. The highest BCUT2D eigenvalue weighted by Crippen LogP contribution is 2.42. The van der Waals surface area contributed by atoms with E-state index < -0.39 is 23.3 Å². The number of imidazole rings is 1. The first-order valence-corrected chi connectivity index (χ1v) is 11.4. The fourth-order valence-corrected chi connectivity index (χ4v) is 4.38. The molecule has 32 heavy (non-hydrogen) atoms. The van der Waals surface area contributed by atoms with Gasteiger partial charge in [-0.15, -0.1) is 0 Å². The first kappa shape index (κ1) is 22.6. The molecule has 1 aliphatic heterocycles. The van der Waals surface area contributed by atoms with Gasteiger partial charge in [-0.05, 0) is 72.1 Å². The number of amides is 2. The van der Waals surface area contributed by atoms with Crippen LogP contribution in [0.3, 0.4) is 0 Å². The predicted molar refractivity (Wildman–Crippen MR) is 123 cm³/mol. The Morgan fingerprint density at radius 3 is 2.53 bits per heavy atom. The number of aromatic nitrogens is 2. The third-order valence-corrected chi connectivity index (χ3v) is 6.13. The SMILES string of the molecule is CN1CCN(C(=O)OC(C)(C)C)[C@H](C(=O)NC(C)(C)c2ncc3c(C4CC4)cccn23)C1. The molecule has 2 aliphatic rings. The molecule has 1 aliphatic carbocycles. The van der Waals surface area contributed by atoms with Gasteiger partial charge in [-0.25, -0.2) is 9.78 Å². The largest absolute Gasteiger partial charge is 0.444 e. The molecule has 4 rings (SSSR count). The number of nitrogens with one attached hydrogen (secondary N) is 1. The number of ether oxygens (including phenoxy) is 1. The van der Waals surface area contributed by atoms with Crippen LogP contribution in [0.5, 0.6) is 0 Å². The van der Waals surface area contributed by atoms with Crippen LogP contribution in [0.4, 0.5) is 4.79 Å². The zero-order chi connectivity index (χ0) is 23.3. The van der Waals surface area contributed by atoms with Crippen molar-refractivity contribution in [1.29, 1.82) is 0 Å². The zero-order valence-electron chi connectivity index (χ0n) is 20.0. The standard InChI is InChI=1S/C24H35N5O3/c1-23(2,3)32-22(31)29-13-12-27(6)15-19(29)20(30)26-24(4,5)21-25-14-18-17(16-9-10-16)8-7-11-28(18)21/h7-8,11,14,16,19H,9-10,12-13,15H2,1-6H3,(H,26,30)/t19-/m0/s1. The van der Waals surface area contributed by atoms with E-state index in [9.17, 15) is 9.59 Å². The van der Waals surface area contributed by atoms with Gasteiger partial charge in [0, 0.05) is 25.8 Å². The summed E-state index contributed by atoms with van der Waals surface area (Å²) in [5, 5.41) is 3.15. The molecule has 1 saturated heterocycles. The van der Waals surface area contributed by atoms with Crippen LogP contribution in [0.15, 0.2) is 24.5 Å². The monoisotopic (exact) mass is 441 g/mol. The average Bonchev–Trinajstić information content (AvgIpc) is 3.43. The number of hydrogen-bond acceptors (Lipinski definition) is 5. The molecule has 3 heterocycles. The molecule has 1 saturated carbocycles. The molecule has 0 unspecified atom stereocenters. The van der Waals surface area contributed by atoms with Crippen LogP contribution >= 0.6 is 0 Å². The summed E-state index contributed by atoms with van der Waals surface area (Å²) in [6.45, 7) is 11.0. The number of likely N-dealkylation sites (N-methyl/N-ethyl adjacent to an activating group) is 1. The van der Waals surface area contributed by atoms with E-state index in [1.807, 2.05) is 60.1 Å². The number of fused-ring (bicyclic) bond motifs is 1. The molecule has 0 aromatic carbocycles. The van der Waals surface area contributed by atoms with E-state index in [2.05, 4.69) is 25.7 Å². The van der Waals surface area contributed by atoms with Gasteiger partial charge in [0.15, 0.2) is 0 Å². The minimum Gasteiger partial charge on any atom is -0.444 e. The quantitative estimate of drug-likeness (QED) is 0.789. The highest BCUT2D eigenvalue weighted by molar-refractivity contribution is 5.87. The fraction of sp³-hybridized carbons (Fsp3) is 0.625. The van der Waals surface area contributed by atoms with E-state index >= 15 is 0 Å². The first-order valence-electron chi connectivity index (χ1n) is 11.4. The lowest BCUT2D eigenvalue weighted by Crippen LogP contribution is -2.62. The maximum Gasteiger partial charge on any atom is 0.411 e. The molecule has 8 heteroatoms. The minimum absolute atomic E-state index is 0.206. The molecule has 2 amide bonds. The summed E-state index contributed by atoms with van der Waals surface area (Å²) in [4.78, 5) is 34.5. The van der Waals surface area contributed by atoms with Gasteiger partial charge < -0.3 is 19.4 Å². The van der Waals surface area contributed by atoms with Crippen LogP contribution in [0.1, 0.15) is 64.8 Å². The van der Waals surface area contributed by atoms with E-state index in [0.717, 1.165) is 11.3 Å². The highest BCUT2D eigenvalue weighted by Gasteiger charge is 2.39. The Balaban J connectivity index is 1.56. The molecule has 2 aromatic rings. The van der Waals surface area contributed by atoms with E-state index in [0.29, 0.717) is 25.6 Å². The van der Waals surface area contributed by atoms with Gasteiger partial charge in [0.05, 0.1) is 17.3 Å². The number of rotatable bonds is 4. The summed E-state index contributed by atoms with van der Waals surface area (Å²) in [5.41, 5.74) is 1.08. The number of piperazine rings is 1. The number of carbonyl (C=O) groups excluding carboxylic acids is 2. The lowest BCUT2D eigenvalue weighted by Gasteiger charge is -2.40. The van der Waals surface area contributed by atoms with Crippen molar-refractivity contribution in [3.63, 3.8) is 0 Å². The van der Waals surface area contributed by atoms with E-state index in [-0.39, 0.29) is 5.91 Å². The van der Waals surface area contributed by atoms with Gasteiger partial charge in [0.1, 0.15) is 17.5 Å². The van der Waals surface area contributed by atoms with Gasteiger partial charge in [0.2, 0.25) is 5.91 Å². The smallest absolute Gasteiger partial charge is 0.411 e. The lowest BCUT2D eigenvalue weighted by atomic mass is 10.0. The molecule has 0 radical (unpaired) electrons. The predicted octanol–water partition coefficient (Wildman–Crippen LogP) is 3.11. The molecule has 2 fully saturated rings. The van der Waals surface area contributed by atoms with Crippen LogP contribution in [0, 0.1) is 0 Å². The second kappa shape index (κ2) is 8.06. The Morgan fingerprint density at radius 2 is 1.88 bits per heavy atom. The average molecular weight is 442 g/mol. The number of nitrogens with zero attached hydrogens (tertiary/aromatic N) is 4. The first-order chi connectivity index (χ1) is 15.0. The normalized spacial score (nSPS) is 20.4. The van der Waals surface area contributed by atoms with Gasteiger partial charge in [0.25, 0.3) is 0 Å². The van der Waals surface area contributed by atoms with Crippen molar-refractivity contribution in [2.45, 2.75) is 70.6 Å². The van der Waals surface area contributed by atoms with Gasteiger partial charge in [-0.3, -0.25) is 9.69 Å². The Labute approximate surface area is 189 Å². The molecular formula is C24H35N5O3. The van der Waals surface area contributed by atoms with Crippen molar-refractivity contribution in [2.24, 2.45) is 0 Å². The lowest BCUT2D eigenvalue weighted by molar-refractivity contribution is -0.130. The van der Waals surface area contributed by atoms with Crippen molar-refractivity contribution < 1.29 is 14.3 Å². The Hall–Kier alpha value is -2.61. The van der Waals surface area contributed by atoms with Crippen molar-refractivity contribution in [2.75, 3.05) is 26.7 Å². The zero-order valence-corrected chi connectivity index (χ0v) is 20.0. The van der Waals surface area contributed by atoms with E-state index in [1.54, 1.807) is 4.90 Å². The van der Waals surface area contributed by atoms with Crippen molar-refractivity contribution in [3.8, 4) is 0 Å². The number of carbonyl (C=O) groups is 2. The highest BCUT2D eigenvalue weighted by atomic mass is 16.6. The van der Waals surface area contributed by atoms with Crippen LogP contribution in [-0.4, -0.2) is 69.5 Å². The second-order valence-electron chi connectivity index (χ2n) is 10.6. The van der Waals surface area contributed by atoms with Crippen LogP contribution in [0.25, 0.3) is 5.52 Å². The summed E-state index contributed by atoms with van der Waals surface area (Å²) in [7, 11) is 1.96. The van der Waals surface area contributed by atoms with Crippen molar-refractivity contribution in [3.05, 3.63) is 35.9 Å². The van der Waals surface area contributed by atoms with Crippen LogP contribution in [0.2, 0.25) is 0 Å². The Morgan fingerprint density at radius 1 is 1.16 bits per heavy atom. The summed E-state index contributed by atoms with van der Waals surface area (Å²) in [5.74, 6) is 1.18. The minimum atomic E-state index is -0.721. The molecule has 2 aromatic heterocycles. The molecule has 1 atom stereocenters. The van der Waals surface area contributed by atoms with Gasteiger partial charge in [-0.1, -0.05) is 6.07 Å². The van der Waals surface area contributed by atoms with Gasteiger partial charge >= 0.3 is 6.09 Å².